The number of carboxylic acids is 1. The van der Waals surface area contributed by atoms with Gasteiger partial charge >= 0.3 is 5.97 Å². The van der Waals surface area contributed by atoms with E-state index in [4.69, 9.17) is 5.11 Å². The molecular formula is C15H23NO2. The summed E-state index contributed by atoms with van der Waals surface area (Å²) in [4.78, 5) is 12.9. The van der Waals surface area contributed by atoms with Gasteiger partial charge in [0, 0.05) is 12.1 Å². The van der Waals surface area contributed by atoms with Gasteiger partial charge in [0.05, 0.1) is 6.54 Å². The van der Waals surface area contributed by atoms with Gasteiger partial charge in [-0.25, -0.2) is 0 Å². The summed E-state index contributed by atoms with van der Waals surface area (Å²) < 4.78 is 0. The summed E-state index contributed by atoms with van der Waals surface area (Å²) >= 11 is 0. The predicted octanol–water partition coefficient (Wildman–Crippen LogP) is 3.16. The van der Waals surface area contributed by atoms with Crippen molar-refractivity contribution in [2.45, 2.75) is 46.7 Å². The Morgan fingerprint density at radius 1 is 1.28 bits per heavy atom. The Labute approximate surface area is 109 Å². The summed E-state index contributed by atoms with van der Waals surface area (Å²) in [6, 6.07) is 6.65. The summed E-state index contributed by atoms with van der Waals surface area (Å²) in [6.07, 6.45) is 0. The molecule has 0 aliphatic carbocycles. The van der Waals surface area contributed by atoms with Crippen molar-refractivity contribution in [3.63, 3.8) is 0 Å². The van der Waals surface area contributed by atoms with E-state index in [1.54, 1.807) is 0 Å². The van der Waals surface area contributed by atoms with E-state index >= 15 is 0 Å². The van der Waals surface area contributed by atoms with E-state index in [-0.39, 0.29) is 18.6 Å². The highest BCUT2D eigenvalue weighted by Crippen LogP contribution is 2.25. The molecule has 1 unspecified atom stereocenters. The Morgan fingerprint density at radius 2 is 1.89 bits per heavy atom. The van der Waals surface area contributed by atoms with E-state index in [2.05, 4.69) is 39.0 Å². The van der Waals surface area contributed by atoms with Crippen LogP contribution in [-0.4, -0.2) is 28.6 Å². The first-order valence-corrected chi connectivity index (χ1v) is 6.37. The van der Waals surface area contributed by atoms with Crippen LogP contribution >= 0.6 is 0 Å². The molecule has 1 aromatic carbocycles. The van der Waals surface area contributed by atoms with E-state index in [0.717, 1.165) is 0 Å². The second kappa shape index (κ2) is 6.01. The standard InChI is InChI=1S/C15H23NO2/c1-10(2)16(9-15(17)18)13(5)14-7-6-11(3)8-12(14)4/h6-8,10,13H,9H2,1-5H3,(H,17,18). The Bertz CT molecular complexity index is 427. The molecule has 0 heterocycles. The van der Waals surface area contributed by atoms with Crippen LogP contribution in [0.2, 0.25) is 0 Å². The third-order valence-electron chi connectivity index (χ3n) is 3.35. The molecule has 18 heavy (non-hydrogen) atoms. The SMILES string of the molecule is Cc1ccc(C(C)N(CC(=O)O)C(C)C)c(C)c1. The lowest BCUT2D eigenvalue weighted by atomic mass is 9.98. The maximum Gasteiger partial charge on any atom is 0.317 e. The van der Waals surface area contributed by atoms with Crippen LogP contribution in [0.15, 0.2) is 18.2 Å². The third-order valence-corrected chi connectivity index (χ3v) is 3.35. The summed E-state index contributed by atoms with van der Waals surface area (Å²) in [6.45, 7) is 10.4. The highest BCUT2D eigenvalue weighted by Gasteiger charge is 2.22. The summed E-state index contributed by atoms with van der Waals surface area (Å²) in [7, 11) is 0. The molecule has 3 nitrogen and oxygen atoms in total. The lowest BCUT2D eigenvalue weighted by molar-refractivity contribution is -0.139. The zero-order chi connectivity index (χ0) is 13.9. The quantitative estimate of drug-likeness (QED) is 0.871. The highest BCUT2D eigenvalue weighted by atomic mass is 16.4. The fraction of sp³-hybridized carbons (Fsp3) is 0.533. The Morgan fingerprint density at radius 3 is 2.33 bits per heavy atom. The molecule has 100 valence electrons. The maximum atomic E-state index is 10.9. The number of hydrogen-bond acceptors (Lipinski definition) is 2. The monoisotopic (exact) mass is 249 g/mol. The maximum absolute atomic E-state index is 10.9. The number of rotatable bonds is 5. The van der Waals surface area contributed by atoms with Crippen molar-refractivity contribution >= 4 is 5.97 Å². The van der Waals surface area contributed by atoms with Gasteiger partial charge in [-0.2, -0.15) is 0 Å². The normalized spacial score (nSPS) is 13.1. The fourth-order valence-corrected chi connectivity index (χ4v) is 2.40. The van der Waals surface area contributed by atoms with Gasteiger partial charge in [0.15, 0.2) is 0 Å². The smallest absolute Gasteiger partial charge is 0.317 e. The lowest BCUT2D eigenvalue weighted by Gasteiger charge is -2.32. The molecule has 1 aromatic rings. The van der Waals surface area contributed by atoms with Crippen LogP contribution in [0.3, 0.4) is 0 Å². The highest BCUT2D eigenvalue weighted by molar-refractivity contribution is 5.69. The molecule has 0 bridgehead atoms. The van der Waals surface area contributed by atoms with Gasteiger partial charge < -0.3 is 5.11 Å². The minimum Gasteiger partial charge on any atom is -0.480 e. The van der Waals surface area contributed by atoms with Crippen molar-refractivity contribution < 1.29 is 9.90 Å². The summed E-state index contributed by atoms with van der Waals surface area (Å²) in [5.74, 6) is -0.777. The molecule has 0 aromatic heterocycles. The number of hydrogen-bond donors (Lipinski definition) is 1. The Hall–Kier alpha value is -1.35. The van der Waals surface area contributed by atoms with Gasteiger partial charge in [0.1, 0.15) is 0 Å². The van der Waals surface area contributed by atoms with E-state index in [1.807, 2.05) is 18.7 Å². The van der Waals surface area contributed by atoms with E-state index in [9.17, 15) is 4.79 Å². The molecule has 0 aliphatic heterocycles. The number of aryl methyl sites for hydroxylation is 2. The molecule has 1 rings (SSSR count). The van der Waals surface area contributed by atoms with Gasteiger partial charge in [0.25, 0.3) is 0 Å². The van der Waals surface area contributed by atoms with Gasteiger partial charge in [-0.15, -0.1) is 0 Å². The van der Waals surface area contributed by atoms with Gasteiger partial charge in [-0.3, -0.25) is 9.69 Å². The van der Waals surface area contributed by atoms with Crippen LogP contribution in [-0.2, 0) is 4.79 Å². The third kappa shape index (κ3) is 3.57. The number of carbonyl (C=O) groups is 1. The van der Waals surface area contributed by atoms with E-state index in [0.29, 0.717) is 0 Å². The van der Waals surface area contributed by atoms with Crippen LogP contribution in [0.5, 0.6) is 0 Å². The number of nitrogens with zero attached hydrogens (tertiary/aromatic N) is 1. The van der Waals surface area contributed by atoms with Crippen LogP contribution in [0.1, 0.15) is 43.5 Å². The molecule has 0 radical (unpaired) electrons. The second-order valence-electron chi connectivity index (χ2n) is 5.20. The van der Waals surface area contributed by atoms with E-state index in [1.165, 1.54) is 16.7 Å². The lowest BCUT2D eigenvalue weighted by Crippen LogP contribution is -2.37. The second-order valence-corrected chi connectivity index (χ2v) is 5.20. The molecule has 0 aliphatic rings. The van der Waals surface area contributed by atoms with Gasteiger partial charge in [0.2, 0.25) is 0 Å². The van der Waals surface area contributed by atoms with Crippen LogP contribution in [0.4, 0.5) is 0 Å². The Balaban J connectivity index is 3.01. The minimum atomic E-state index is -0.777. The number of aliphatic carboxylic acids is 1. The van der Waals surface area contributed by atoms with Crippen LogP contribution < -0.4 is 0 Å². The molecule has 1 atom stereocenters. The zero-order valence-electron chi connectivity index (χ0n) is 11.9. The molecule has 0 saturated carbocycles. The van der Waals surface area contributed by atoms with Crippen molar-refractivity contribution in [1.82, 2.24) is 4.90 Å². The van der Waals surface area contributed by atoms with Crippen molar-refractivity contribution in [3.05, 3.63) is 34.9 Å². The van der Waals surface area contributed by atoms with Crippen molar-refractivity contribution in [2.75, 3.05) is 6.54 Å². The van der Waals surface area contributed by atoms with Gasteiger partial charge in [-0.1, -0.05) is 23.8 Å². The largest absolute Gasteiger partial charge is 0.480 e. The topological polar surface area (TPSA) is 40.5 Å². The predicted molar refractivity (Wildman–Crippen MR) is 73.8 cm³/mol. The van der Waals surface area contributed by atoms with Crippen molar-refractivity contribution in [2.24, 2.45) is 0 Å². The molecule has 1 N–H and O–H groups in total. The summed E-state index contributed by atoms with van der Waals surface area (Å²) in [5, 5.41) is 9.00. The average molecular weight is 249 g/mol. The first-order chi connectivity index (χ1) is 8.32. The number of benzene rings is 1. The molecule has 3 heteroatoms. The van der Waals surface area contributed by atoms with Crippen LogP contribution in [0.25, 0.3) is 0 Å². The first kappa shape index (κ1) is 14.7. The zero-order valence-corrected chi connectivity index (χ0v) is 11.9. The van der Waals surface area contributed by atoms with Crippen molar-refractivity contribution in [1.29, 1.82) is 0 Å². The Kier molecular flexibility index (Phi) is 4.91. The molecule has 0 fully saturated rings. The molecule has 0 spiro atoms. The van der Waals surface area contributed by atoms with Gasteiger partial charge in [-0.05, 0) is 45.7 Å². The van der Waals surface area contributed by atoms with Crippen LogP contribution in [0, 0.1) is 13.8 Å². The fourth-order valence-electron chi connectivity index (χ4n) is 2.40. The van der Waals surface area contributed by atoms with E-state index < -0.39 is 5.97 Å². The average Bonchev–Trinajstić information content (AvgIpc) is 2.24. The first-order valence-electron chi connectivity index (χ1n) is 6.37. The number of carboxylic acid groups (broad SMARTS) is 1. The molecular weight excluding hydrogens is 226 g/mol. The molecule has 0 saturated heterocycles. The summed E-state index contributed by atoms with van der Waals surface area (Å²) in [5.41, 5.74) is 3.66. The minimum absolute atomic E-state index is 0.0755. The molecule has 0 amide bonds. The van der Waals surface area contributed by atoms with Crippen molar-refractivity contribution in [3.8, 4) is 0 Å².